The van der Waals surface area contributed by atoms with Crippen LogP contribution in [-0.2, 0) is 4.79 Å². The largest absolute Gasteiger partial charge is 0.300 e. The summed E-state index contributed by atoms with van der Waals surface area (Å²) in [5.41, 5.74) is 0.0443. The first-order chi connectivity index (χ1) is 5.06. The maximum atomic E-state index is 11.0. The molecule has 0 amide bonds. The van der Waals surface area contributed by atoms with Gasteiger partial charge in [-0.3, -0.25) is 4.79 Å². The Morgan fingerprint density at radius 3 is 2.73 bits per heavy atom. The van der Waals surface area contributed by atoms with Crippen LogP contribution in [0.3, 0.4) is 0 Å². The van der Waals surface area contributed by atoms with Crippen LogP contribution < -0.4 is 0 Å². The van der Waals surface area contributed by atoms with E-state index >= 15 is 0 Å². The van der Waals surface area contributed by atoms with Gasteiger partial charge < -0.3 is 0 Å². The number of ketones is 1. The average molecular weight is 151 g/mol. The molecule has 0 aromatic carbocycles. The van der Waals surface area contributed by atoms with Crippen molar-refractivity contribution < 1.29 is 4.79 Å². The Balaban J connectivity index is 2.73. The van der Waals surface area contributed by atoms with E-state index in [1.54, 1.807) is 0 Å². The van der Waals surface area contributed by atoms with Crippen LogP contribution >= 0.6 is 0 Å². The SMILES string of the molecule is CC1(C)CCC(=O)C[C@H]1C#N. The Morgan fingerprint density at radius 1 is 1.64 bits per heavy atom. The van der Waals surface area contributed by atoms with E-state index in [0.29, 0.717) is 12.8 Å². The quantitative estimate of drug-likeness (QED) is 0.530. The first-order valence-corrected chi connectivity index (χ1v) is 3.97. The van der Waals surface area contributed by atoms with E-state index < -0.39 is 0 Å². The summed E-state index contributed by atoms with van der Waals surface area (Å²) >= 11 is 0. The van der Waals surface area contributed by atoms with Crippen molar-refractivity contribution in [3.8, 4) is 6.07 Å². The number of hydrogen-bond acceptors (Lipinski definition) is 2. The molecule has 0 radical (unpaired) electrons. The predicted molar refractivity (Wildman–Crippen MR) is 41.7 cm³/mol. The van der Waals surface area contributed by atoms with Crippen LogP contribution in [-0.4, -0.2) is 5.78 Å². The molecule has 1 aliphatic carbocycles. The molecule has 0 aliphatic heterocycles. The van der Waals surface area contributed by atoms with Crippen LogP contribution in [0.5, 0.6) is 0 Å². The van der Waals surface area contributed by atoms with Gasteiger partial charge in [-0.05, 0) is 11.8 Å². The molecule has 1 fully saturated rings. The van der Waals surface area contributed by atoms with E-state index in [1.165, 1.54) is 0 Å². The van der Waals surface area contributed by atoms with Crippen molar-refractivity contribution in [3.63, 3.8) is 0 Å². The van der Waals surface area contributed by atoms with Gasteiger partial charge in [0.1, 0.15) is 5.78 Å². The van der Waals surface area contributed by atoms with Gasteiger partial charge in [-0.25, -0.2) is 0 Å². The van der Waals surface area contributed by atoms with Crippen LogP contribution in [0.15, 0.2) is 0 Å². The van der Waals surface area contributed by atoms with Gasteiger partial charge in [-0.1, -0.05) is 13.8 Å². The summed E-state index contributed by atoms with van der Waals surface area (Å²) in [5, 5.41) is 8.74. The van der Waals surface area contributed by atoms with E-state index in [-0.39, 0.29) is 17.1 Å². The van der Waals surface area contributed by atoms with Crippen LogP contribution in [0.4, 0.5) is 0 Å². The third-order valence-electron chi connectivity index (χ3n) is 2.58. The summed E-state index contributed by atoms with van der Waals surface area (Å²) in [4.78, 5) is 11.0. The van der Waals surface area contributed by atoms with Crippen LogP contribution in [0.25, 0.3) is 0 Å². The maximum absolute atomic E-state index is 11.0. The van der Waals surface area contributed by atoms with Gasteiger partial charge in [0.2, 0.25) is 0 Å². The molecular formula is C9H13NO. The highest BCUT2D eigenvalue weighted by molar-refractivity contribution is 5.80. The van der Waals surface area contributed by atoms with Crippen molar-refractivity contribution in [2.45, 2.75) is 33.1 Å². The van der Waals surface area contributed by atoms with Crippen molar-refractivity contribution in [3.05, 3.63) is 0 Å². The number of carbonyl (C=O) groups is 1. The number of Topliss-reactive ketones (excluding diaryl/α,β-unsaturated/α-hetero) is 1. The van der Waals surface area contributed by atoms with Crippen LogP contribution in [0.2, 0.25) is 0 Å². The lowest BCUT2D eigenvalue weighted by molar-refractivity contribution is -0.123. The molecule has 0 aromatic rings. The maximum Gasteiger partial charge on any atom is 0.134 e. The molecular weight excluding hydrogens is 138 g/mol. The molecule has 0 aromatic heterocycles. The fourth-order valence-electron chi connectivity index (χ4n) is 1.46. The monoisotopic (exact) mass is 151 g/mol. The van der Waals surface area contributed by atoms with E-state index in [0.717, 1.165) is 6.42 Å². The standard InChI is InChI=1S/C9H13NO/c1-9(2)4-3-8(11)5-7(9)6-10/h7H,3-5H2,1-2H3/t7-/m0/s1. The minimum atomic E-state index is -0.0660. The van der Waals surface area contributed by atoms with Crippen molar-refractivity contribution in [2.24, 2.45) is 11.3 Å². The predicted octanol–water partition coefficient (Wildman–Crippen LogP) is 1.91. The summed E-state index contributed by atoms with van der Waals surface area (Å²) in [6, 6.07) is 2.20. The van der Waals surface area contributed by atoms with Crippen LogP contribution in [0, 0.1) is 22.7 Å². The lowest BCUT2D eigenvalue weighted by Gasteiger charge is -2.33. The molecule has 2 nitrogen and oxygen atoms in total. The second-order valence-corrected chi connectivity index (χ2v) is 3.91. The molecule has 0 N–H and O–H groups in total. The van der Waals surface area contributed by atoms with E-state index in [2.05, 4.69) is 19.9 Å². The topological polar surface area (TPSA) is 40.9 Å². The minimum absolute atomic E-state index is 0.0443. The molecule has 1 rings (SSSR count). The summed E-state index contributed by atoms with van der Waals surface area (Å²) in [5.74, 6) is 0.180. The smallest absolute Gasteiger partial charge is 0.134 e. The third-order valence-corrected chi connectivity index (χ3v) is 2.58. The molecule has 2 heteroatoms. The van der Waals surface area contributed by atoms with Gasteiger partial charge in [0.05, 0.1) is 12.0 Å². The number of nitrogens with zero attached hydrogens (tertiary/aromatic N) is 1. The minimum Gasteiger partial charge on any atom is -0.300 e. The number of carbonyl (C=O) groups excluding carboxylic acids is 1. The Labute approximate surface area is 67.2 Å². The molecule has 1 saturated carbocycles. The number of hydrogen-bond donors (Lipinski definition) is 0. The summed E-state index contributed by atoms with van der Waals surface area (Å²) in [7, 11) is 0. The Hall–Kier alpha value is -0.840. The lowest BCUT2D eigenvalue weighted by Crippen LogP contribution is -2.30. The molecule has 0 unspecified atom stereocenters. The van der Waals surface area contributed by atoms with E-state index in [9.17, 15) is 4.79 Å². The molecule has 1 aliphatic rings. The molecule has 0 bridgehead atoms. The Bertz CT molecular complexity index is 212. The highest BCUT2D eigenvalue weighted by Crippen LogP contribution is 2.38. The highest BCUT2D eigenvalue weighted by Gasteiger charge is 2.35. The first-order valence-electron chi connectivity index (χ1n) is 3.97. The lowest BCUT2D eigenvalue weighted by atomic mass is 9.69. The van der Waals surface area contributed by atoms with Gasteiger partial charge in [-0.2, -0.15) is 5.26 Å². The molecule has 0 heterocycles. The molecule has 0 spiro atoms. The van der Waals surface area contributed by atoms with Gasteiger partial charge in [-0.15, -0.1) is 0 Å². The van der Waals surface area contributed by atoms with Crippen molar-refractivity contribution >= 4 is 5.78 Å². The fourth-order valence-corrected chi connectivity index (χ4v) is 1.46. The van der Waals surface area contributed by atoms with Gasteiger partial charge >= 0.3 is 0 Å². The van der Waals surface area contributed by atoms with E-state index in [4.69, 9.17) is 5.26 Å². The summed E-state index contributed by atoms with van der Waals surface area (Å²) in [6.07, 6.45) is 1.98. The Morgan fingerprint density at radius 2 is 2.27 bits per heavy atom. The van der Waals surface area contributed by atoms with Crippen molar-refractivity contribution in [2.75, 3.05) is 0 Å². The normalized spacial score (nSPS) is 29.5. The van der Waals surface area contributed by atoms with Crippen LogP contribution in [0.1, 0.15) is 33.1 Å². The fraction of sp³-hybridized carbons (Fsp3) is 0.778. The van der Waals surface area contributed by atoms with Gasteiger partial charge in [0.25, 0.3) is 0 Å². The van der Waals surface area contributed by atoms with Crippen molar-refractivity contribution in [1.82, 2.24) is 0 Å². The summed E-state index contributed by atoms with van der Waals surface area (Å²) < 4.78 is 0. The zero-order valence-corrected chi connectivity index (χ0v) is 7.05. The van der Waals surface area contributed by atoms with Gasteiger partial charge in [0.15, 0.2) is 0 Å². The van der Waals surface area contributed by atoms with Gasteiger partial charge in [0, 0.05) is 12.8 Å². The molecule has 1 atom stereocenters. The molecule has 0 saturated heterocycles. The number of nitriles is 1. The summed E-state index contributed by atoms with van der Waals surface area (Å²) in [6.45, 7) is 4.13. The zero-order chi connectivity index (χ0) is 8.48. The molecule has 60 valence electrons. The van der Waals surface area contributed by atoms with E-state index in [1.807, 2.05) is 0 Å². The average Bonchev–Trinajstić information content (AvgIpc) is 1.94. The van der Waals surface area contributed by atoms with Crippen molar-refractivity contribution in [1.29, 1.82) is 5.26 Å². The molecule has 11 heavy (non-hydrogen) atoms. The zero-order valence-electron chi connectivity index (χ0n) is 7.05. The Kier molecular flexibility index (Phi) is 1.99. The highest BCUT2D eigenvalue weighted by atomic mass is 16.1. The second-order valence-electron chi connectivity index (χ2n) is 3.91. The third kappa shape index (κ3) is 1.59. The second kappa shape index (κ2) is 2.65. The first kappa shape index (κ1) is 8.26. The number of rotatable bonds is 0.